The van der Waals surface area contributed by atoms with Crippen LogP contribution in [0.4, 0.5) is 4.39 Å². The van der Waals surface area contributed by atoms with Crippen molar-refractivity contribution in [1.82, 2.24) is 10.2 Å². The van der Waals surface area contributed by atoms with E-state index < -0.39 is 5.97 Å². The first-order valence-electron chi connectivity index (χ1n) is 10.2. The summed E-state index contributed by atoms with van der Waals surface area (Å²) in [5.74, 6) is -0.708. The number of ether oxygens (including phenoxy) is 1. The molecule has 1 heterocycles. The number of nitrogens with one attached hydrogen (secondary N) is 1. The molecule has 2 aromatic rings. The summed E-state index contributed by atoms with van der Waals surface area (Å²) in [5, 5.41) is 12.1. The summed E-state index contributed by atoms with van der Waals surface area (Å²) in [4.78, 5) is 26.0. The number of benzene rings is 2. The van der Waals surface area contributed by atoms with E-state index in [1.807, 2.05) is 6.92 Å². The molecule has 0 radical (unpaired) electrons. The Morgan fingerprint density at radius 3 is 2.53 bits per heavy atom. The summed E-state index contributed by atoms with van der Waals surface area (Å²) >= 11 is 0. The first kappa shape index (κ1) is 21.8. The number of aromatic carboxylic acids is 1. The molecule has 0 saturated carbocycles. The number of rotatable bonds is 8. The molecule has 30 heavy (non-hydrogen) atoms. The van der Waals surface area contributed by atoms with Crippen LogP contribution >= 0.6 is 0 Å². The van der Waals surface area contributed by atoms with Crippen LogP contribution in [0.25, 0.3) is 0 Å². The number of nitrogens with zero attached hydrogens (tertiary/aromatic N) is 1. The zero-order chi connectivity index (χ0) is 21.5. The molecule has 0 bridgehead atoms. The molecule has 0 spiro atoms. The first-order valence-corrected chi connectivity index (χ1v) is 10.2. The number of carbonyl (C=O) groups is 2. The van der Waals surface area contributed by atoms with Crippen LogP contribution in [0.2, 0.25) is 0 Å². The lowest BCUT2D eigenvalue weighted by Gasteiger charge is -2.35. The number of carbonyl (C=O) groups excluding carboxylic acids is 1. The lowest BCUT2D eigenvalue weighted by atomic mass is 10.00. The van der Waals surface area contributed by atoms with Gasteiger partial charge in [0.25, 0.3) is 0 Å². The number of halogens is 1. The minimum atomic E-state index is -0.973. The quantitative estimate of drug-likeness (QED) is 0.690. The van der Waals surface area contributed by atoms with Crippen molar-refractivity contribution >= 4 is 11.9 Å². The van der Waals surface area contributed by atoms with Crippen molar-refractivity contribution in [3.05, 3.63) is 65.5 Å². The fourth-order valence-electron chi connectivity index (χ4n) is 3.67. The molecule has 0 aromatic heterocycles. The summed E-state index contributed by atoms with van der Waals surface area (Å²) in [6, 6.07) is 12.0. The van der Waals surface area contributed by atoms with E-state index >= 15 is 0 Å². The Hall–Kier alpha value is -2.93. The number of likely N-dealkylation sites (tertiary alicyclic amines) is 1. The molecule has 1 fully saturated rings. The van der Waals surface area contributed by atoms with Gasteiger partial charge < -0.3 is 15.2 Å². The number of carboxylic acid groups (broad SMARTS) is 1. The molecule has 1 saturated heterocycles. The lowest BCUT2D eigenvalue weighted by Crippen LogP contribution is -2.51. The summed E-state index contributed by atoms with van der Waals surface area (Å²) in [6.07, 6.45) is 2.81. The SMILES string of the molecule is C[C@H](NC(=O)[C@H]1CCCCN1CCOc1ccc(F)cc1)c1ccc(C(=O)O)cc1. The van der Waals surface area contributed by atoms with Crippen LogP contribution < -0.4 is 10.1 Å². The van der Waals surface area contributed by atoms with Gasteiger partial charge in [-0.15, -0.1) is 0 Å². The maximum absolute atomic E-state index is 13.0. The van der Waals surface area contributed by atoms with Crippen LogP contribution in [0, 0.1) is 5.82 Å². The molecule has 0 aliphatic carbocycles. The number of hydrogen-bond acceptors (Lipinski definition) is 4. The minimum Gasteiger partial charge on any atom is -0.492 e. The summed E-state index contributed by atoms with van der Waals surface area (Å²) in [6.45, 7) is 3.74. The molecule has 6 nitrogen and oxygen atoms in total. The zero-order valence-electron chi connectivity index (χ0n) is 17.0. The number of amides is 1. The summed E-state index contributed by atoms with van der Waals surface area (Å²) in [5.41, 5.74) is 1.08. The smallest absolute Gasteiger partial charge is 0.335 e. The second-order valence-corrected chi connectivity index (χ2v) is 7.51. The molecule has 7 heteroatoms. The van der Waals surface area contributed by atoms with Gasteiger partial charge in [0.15, 0.2) is 0 Å². The van der Waals surface area contributed by atoms with Crippen molar-refractivity contribution in [1.29, 1.82) is 0 Å². The average molecular weight is 414 g/mol. The molecular formula is C23H27FN2O4. The van der Waals surface area contributed by atoms with E-state index in [1.54, 1.807) is 36.4 Å². The van der Waals surface area contributed by atoms with Gasteiger partial charge in [-0.2, -0.15) is 0 Å². The highest BCUT2D eigenvalue weighted by Gasteiger charge is 2.29. The normalized spacial score (nSPS) is 17.9. The molecular weight excluding hydrogens is 387 g/mol. The molecule has 1 amide bonds. The Morgan fingerprint density at radius 1 is 1.17 bits per heavy atom. The van der Waals surface area contributed by atoms with E-state index in [-0.39, 0.29) is 29.4 Å². The van der Waals surface area contributed by atoms with E-state index in [0.29, 0.717) is 18.9 Å². The van der Waals surface area contributed by atoms with Crippen molar-refractivity contribution in [3.8, 4) is 5.75 Å². The van der Waals surface area contributed by atoms with Crippen molar-refractivity contribution < 1.29 is 23.8 Å². The van der Waals surface area contributed by atoms with Gasteiger partial charge >= 0.3 is 5.97 Å². The predicted octanol–water partition coefficient (Wildman–Crippen LogP) is 3.63. The highest BCUT2D eigenvalue weighted by atomic mass is 19.1. The fraction of sp³-hybridized carbons (Fsp3) is 0.391. The van der Waals surface area contributed by atoms with Gasteiger partial charge in [-0.1, -0.05) is 18.6 Å². The van der Waals surface area contributed by atoms with E-state index in [2.05, 4.69) is 10.2 Å². The average Bonchev–Trinajstić information content (AvgIpc) is 2.75. The van der Waals surface area contributed by atoms with Gasteiger partial charge in [0.1, 0.15) is 18.2 Å². The Labute approximate surface area is 175 Å². The third kappa shape index (κ3) is 5.79. The summed E-state index contributed by atoms with van der Waals surface area (Å²) in [7, 11) is 0. The third-order valence-electron chi connectivity index (χ3n) is 5.39. The second kappa shape index (κ2) is 10.2. The molecule has 1 aliphatic rings. The van der Waals surface area contributed by atoms with Gasteiger partial charge in [-0.25, -0.2) is 9.18 Å². The van der Waals surface area contributed by atoms with E-state index in [9.17, 15) is 14.0 Å². The van der Waals surface area contributed by atoms with Gasteiger partial charge in [0.2, 0.25) is 5.91 Å². The number of hydrogen-bond donors (Lipinski definition) is 2. The van der Waals surface area contributed by atoms with E-state index in [0.717, 1.165) is 31.4 Å². The molecule has 2 atom stereocenters. The van der Waals surface area contributed by atoms with Crippen LogP contribution in [-0.2, 0) is 4.79 Å². The first-order chi connectivity index (χ1) is 14.4. The largest absolute Gasteiger partial charge is 0.492 e. The topological polar surface area (TPSA) is 78.9 Å². The Balaban J connectivity index is 1.54. The van der Waals surface area contributed by atoms with Crippen molar-refractivity contribution in [2.45, 2.75) is 38.3 Å². The maximum atomic E-state index is 13.0. The van der Waals surface area contributed by atoms with E-state index in [4.69, 9.17) is 9.84 Å². The number of piperidine rings is 1. The minimum absolute atomic E-state index is 0.0358. The van der Waals surface area contributed by atoms with E-state index in [1.165, 1.54) is 12.1 Å². The van der Waals surface area contributed by atoms with Crippen LogP contribution in [0.1, 0.15) is 48.1 Å². The molecule has 160 valence electrons. The molecule has 1 aliphatic heterocycles. The standard InChI is InChI=1S/C23H27FN2O4/c1-16(17-5-7-18(8-6-17)23(28)29)25-22(27)21-4-2-3-13-26(21)14-15-30-20-11-9-19(24)10-12-20/h5-12,16,21H,2-4,13-15H2,1H3,(H,25,27)(H,28,29)/t16-,21+/m0/s1. The van der Waals surface area contributed by atoms with Gasteiger partial charge in [0.05, 0.1) is 17.6 Å². The number of carboxylic acids is 1. The van der Waals surface area contributed by atoms with Gasteiger partial charge in [-0.3, -0.25) is 9.69 Å². The Morgan fingerprint density at radius 2 is 1.87 bits per heavy atom. The monoisotopic (exact) mass is 414 g/mol. The predicted molar refractivity (Wildman–Crippen MR) is 111 cm³/mol. The Kier molecular flexibility index (Phi) is 7.41. The highest BCUT2D eigenvalue weighted by Crippen LogP contribution is 2.20. The van der Waals surface area contributed by atoms with Crippen LogP contribution in [0.15, 0.2) is 48.5 Å². The molecule has 3 rings (SSSR count). The summed E-state index contributed by atoms with van der Waals surface area (Å²) < 4.78 is 18.7. The molecule has 0 unspecified atom stereocenters. The van der Waals surface area contributed by atoms with Crippen LogP contribution in [-0.4, -0.2) is 47.6 Å². The van der Waals surface area contributed by atoms with Crippen LogP contribution in [0.5, 0.6) is 5.75 Å². The van der Waals surface area contributed by atoms with Crippen molar-refractivity contribution in [2.24, 2.45) is 0 Å². The Bertz CT molecular complexity index is 855. The lowest BCUT2D eigenvalue weighted by molar-refractivity contribution is -0.128. The zero-order valence-corrected chi connectivity index (χ0v) is 17.0. The van der Waals surface area contributed by atoms with Crippen molar-refractivity contribution in [2.75, 3.05) is 19.7 Å². The highest BCUT2D eigenvalue weighted by molar-refractivity contribution is 5.87. The molecule has 2 aromatic carbocycles. The van der Waals surface area contributed by atoms with Crippen LogP contribution in [0.3, 0.4) is 0 Å². The third-order valence-corrected chi connectivity index (χ3v) is 5.39. The van der Waals surface area contributed by atoms with Crippen molar-refractivity contribution in [3.63, 3.8) is 0 Å². The second-order valence-electron chi connectivity index (χ2n) is 7.51. The van der Waals surface area contributed by atoms with Gasteiger partial charge in [0, 0.05) is 6.54 Å². The maximum Gasteiger partial charge on any atom is 0.335 e. The van der Waals surface area contributed by atoms with Gasteiger partial charge in [-0.05, 0) is 68.3 Å². The molecule has 2 N–H and O–H groups in total. The fourth-order valence-corrected chi connectivity index (χ4v) is 3.67.